The molecule has 2 spiro atoms. The van der Waals surface area contributed by atoms with Crippen molar-refractivity contribution in [3.63, 3.8) is 0 Å². The molecule has 0 radical (unpaired) electrons. The average Bonchev–Trinajstić information content (AvgIpc) is 4.18. The van der Waals surface area contributed by atoms with Crippen LogP contribution in [-0.4, -0.2) is 72.7 Å². The lowest BCUT2D eigenvalue weighted by Gasteiger charge is -2.41. The van der Waals surface area contributed by atoms with Crippen LogP contribution in [0.15, 0.2) is 48.5 Å². The lowest BCUT2D eigenvalue weighted by atomic mass is 9.66. The lowest BCUT2D eigenvalue weighted by Crippen LogP contribution is -2.43. The zero-order valence-electron chi connectivity index (χ0n) is 35.1. The molecule has 2 saturated heterocycles. The average molecular weight is 849 g/mol. The topological polar surface area (TPSA) is 189 Å². The van der Waals surface area contributed by atoms with Gasteiger partial charge in [-0.25, -0.2) is 0 Å². The second-order valence-electron chi connectivity index (χ2n) is 16.6. The number of aryl methyl sites for hydroxylation is 4. The molecule has 324 valence electrons. The molecular formula is C48H48O14. The summed E-state index contributed by atoms with van der Waals surface area (Å²) in [5.41, 5.74) is 4.56. The summed E-state index contributed by atoms with van der Waals surface area (Å²) < 4.78 is 44.6. The summed E-state index contributed by atoms with van der Waals surface area (Å²) in [4.78, 5) is 50.6. The second kappa shape index (κ2) is 16.0. The van der Waals surface area contributed by atoms with Crippen LogP contribution in [0.4, 0.5) is 0 Å². The normalized spacial score (nSPS) is 22.1. The number of rotatable bonds is 10. The summed E-state index contributed by atoms with van der Waals surface area (Å²) in [6.07, 6.45) is 2.96. The van der Waals surface area contributed by atoms with Crippen molar-refractivity contribution >= 4 is 23.9 Å². The number of phenols is 2. The largest absolute Gasteiger partial charge is 0.508 e. The standard InChI is InChI=1S/C27H28O8.C21H20O6/c1-3-15-5-19-23(7-21(15)32-13-17-11-30-17)34-25(28)9-27(19)10-26(29)35-24-8-22(33-14-18-12-31-18)16(4-2)6-20(24)27;1-3-11-5-13-17(7-15(11)22)26-19(24)9-21(13)10-20(25)27-18-8-16(23)12(4-2)6-14(18)21/h5-8,17-18H,3-4,9-14H2,1-2H3;5-8,22-23H,3-4,9-10H2,1-2H3. The van der Waals surface area contributed by atoms with E-state index in [2.05, 4.69) is 13.8 Å². The number of epoxide rings is 2. The predicted molar refractivity (Wildman–Crippen MR) is 220 cm³/mol. The molecule has 0 aromatic heterocycles. The Morgan fingerprint density at radius 1 is 0.484 bits per heavy atom. The molecule has 0 aliphatic carbocycles. The van der Waals surface area contributed by atoms with Gasteiger partial charge in [-0.2, -0.15) is 0 Å². The van der Waals surface area contributed by atoms with Crippen molar-refractivity contribution in [2.75, 3.05) is 26.4 Å². The van der Waals surface area contributed by atoms with Crippen LogP contribution in [0.25, 0.3) is 0 Å². The van der Waals surface area contributed by atoms with E-state index in [9.17, 15) is 29.4 Å². The number of carbonyl (C=O) groups excluding carboxylic acids is 4. The van der Waals surface area contributed by atoms with Crippen LogP contribution >= 0.6 is 0 Å². The van der Waals surface area contributed by atoms with Crippen LogP contribution in [-0.2, 0) is 65.2 Å². The minimum absolute atomic E-state index is 0.00996. The highest BCUT2D eigenvalue weighted by Crippen LogP contribution is 2.56. The van der Waals surface area contributed by atoms with E-state index in [1.165, 1.54) is 12.1 Å². The third kappa shape index (κ3) is 7.48. The molecule has 14 heteroatoms. The van der Waals surface area contributed by atoms with E-state index in [1.807, 2.05) is 26.0 Å². The van der Waals surface area contributed by atoms with E-state index in [0.29, 0.717) is 84.5 Å². The Morgan fingerprint density at radius 2 is 0.774 bits per heavy atom. The van der Waals surface area contributed by atoms with Gasteiger partial charge in [-0.05, 0) is 72.2 Å². The first-order valence-corrected chi connectivity index (χ1v) is 21.3. The molecule has 2 atom stereocenters. The maximum atomic E-state index is 12.9. The quantitative estimate of drug-likeness (QED) is 0.101. The van der Waals surface area contributed by atoms with Gasteiger partial charge in [-0.15, -0.1) is 0 Å². The van der Waals surface area contributed by atoms with Crippen molar-refractivity contribution in [2.45, 2.75) is 102 Å². The van der Waals surface area contributed by atoms with Gasteiger partial charge in [0.2, 0.25) is 0 Å². The maximum absolute atomic E-state index is 12.9. The zero-order chi connectivity index (χ0) is 43.5. The van der Waals surface area contributed by atoms with Crippen LogP contribution in [0.1, 0.15) is 97.9 Å². The minimum Gasteiger partial charge on any atom is -0.508 e. The Balaban J connectivity index is 0.000000164. The number of fused-ring (bicyclic) bond motifs is 8. The fourth-order valence-corrected chi connectivity index (χ4v) is 9.15. The summed E-state index contributed by atoms with van der Waals surface area (Å²) in [6, 6.07) is 14.1. The van der Waals surface area contributed by atoms with Gasteiger partial charge in [0.1, 0.15) is 71.4 Å². The molecule has 6 heterocycles. The highest BCUT2D eigenvalue weighted by molar-refractivity contribution is 5.88. The van der Waals surface area contributed by atoms with Crippen LogP contribution in [0.3, 0.4) is 0 Å². The van der Waals surface area contributed by atoms with E-state index in [0.717, 1.165) is 35.1 Å². The van der Waals surface area contributed by atoms with Crippen LogP contribution in [0, 0.1) is 0 Å². The van der Waals surface area contributed by atoms with Crippen molar-refractivity contribution in [1.82, 2.24) is 0 Å². The van der Waals surface area contributed by atoms with E-state index in [4.69, 9.17) is 37.9 Å². The van der Waals surface area contributed by atoms with Crippen LogP contribution in [0.5, 0.6) is 46.0 Å². The monoisotopic (exact) mass is 848 g/mol. The molecule has 14 nitrogen and oxygen atoms in total. The second-order valence-corrected chi connectivity index (χ2v) is 16.6. The van der Waals surface area contributed by atoms with E-state index >= 15 is 0 Å². The summed E-state index contributed by atoms with van der Waals surface area (Å²) in [6.45, 7) is 10.2. The number of esters is 4. The summed E-state index contributed by atoms with van der Waals surface area (Å²) in [7, 11) is 0. The third-order valence-electron chi connectivity index (χ3n) is 12.6. The molecule has 0 saturated carbocycles. The highest BCUT2D eigenvalue weighted by atomic mass is 16.6. The van der Waals surface area contributed by atoms with E-state index in [1.54, 1.807) is 24.3 Å². The molecule has 2 N–H and O–H groups in total. The fraction of sp³-hybridized carbons (Fsp3) is 0.417. The van der Waals surface area contributed by atoms with Crippen molar-refractivity contribution in [3.8, 4) is 46.0 Å². The molecule has 2 unspecified atom stereocenters. The van der Waals surface area contributed by atoms with Crippen LogP contribution < -0.4 is 28.4 Å². The number of benzene rings is 4. The molecule has 4 aromatic rings. The molecule has 6 aliphatic rings. The summed E-state index contributed by atoms with van der Waals surface area (Å²) in [5, 5.41) is 20.4. The van der Waals surface area contributed by atoms with Gasteiger partial charge < -0.3 is 48.1 Å². The van der Waals surface area contributed by atoms with Crippen molar-refractivity contribution in [1.29, 1.82) is 0 Å². The number of phenolic OH excluding ortho intramolecular Hbond substituents is 2. The van der Waals surface area contributed by atoms with Crippen molar-refractivity contribution in [2.24, 2.45) is 0 Å². The Morgan fingerprint density at radius 3 is 1.06 bits per heavy atom. The summed E-state index contributed by atoms with van der Waals surface area (Å²) in [5.74, 6) is 1.10. The molecule has 6 aliphatic heterocycles. The van der Waals surface area contributed by atoms with Crippen LogP contribution in [0.2, 0.25) is 0 Å². The zero-order valence-corrected chi connectivity index (χ0v) is 35.1. The number of carbonyl (C=O) groups is 4. The Kier molecular flexibility index (Phi) is 10.6. The first-order valence-electron chi connectivity index (χ1n) is 21.3. The summed E-state index contributed by atoms with van der Waals surface area (Å²) >= 11 is 0. The Bertz CT molecular complexity index is 2340. The molecular weight excluding hydrogens is 801 g/mol. The van der Waals surface area contributed by atoms with Gasteiger partial charge in [0, 0.05) is 57.3 Å². The number of aromatic hydroxyl groups is 2. The molecule has 2 fully saturated rings. The molecule has 0 amide bonds. The molecule has 4 aromatic carbocycles. The molecule has 62 heavy (non-hydrogen) atoms. The predicted octanol–water partition coefficient (Wildman–Crippen LogP) is 6.40. The van der Waals surface area contributed by atoms with Gasteiger partial charge >= 0.3 is 23.9 Å². The van der Waals surface area contributed by atoms with Gasteiger partial charge in [0.15, 0.2) is 0 Å². The molecule has 0 bridgehead atoms. The minimum atomic E-state index is -0.940. The number of hydrogen-bond acceptors (Lipinski definition) is 14. The molecule has 10 rings (SSSR count). The third-order valence-corrected chi connectivity index (χ3v) is 12.6. The lowest BCUT2D eigenvalue weighted by molar-refractivity contribution is -0.142. The number of hydrogen-bond donors (Lipinski definition) is 2. The number of ether oxygens (including phenoxy) is 8. The first-order chi connectivity index (χ1) is 29.9. The SMILES string of the molecule is CCc1cc2c(cc1O)OC(=O)CC21CC(=O)Oc2cc(O)c(CC)cc21.CCc1cc2c(cc1OCC1CO1)OC(=O)CC21CC(=O)Oc2cc(OCC3CO3)c(CC)cc21. The Hall–Kier alpha value is -6.12. The van der Waals surface area contributed by atoms with E-state index < -0.39 is 22.8 Å². The maximum Gasteiger partial charge on any atom is 0.312 e. The van der Waals surface area contributed by atoms with Gasteiger partial charge in [0.05, 0.1) is 38.9 Å². The van der Waals surface area contributed by atoms with Gasteiger partial charge in [-0.1, -0.05) is 27.7 Å². The van der Waals surface area contributed by atoms with E-state index in [-0.39, 0.29) is 72.8 Å². The smallest absolute Gasteiger partial charge is 0.312 e. The first kappa shape index (κ1) is 41.2. The van der Waals surface area contributed by atoms with Gasteiger partial charge in [0.25, 0.3) is 0 Å². The van der Waals surface area contributed by atoms with Crippen molar-refractivity contribution < 1.29 is 67.3 Å². The van der Waals surface area contributed by atoms with Crippen molar-refractivity contribution in [3.05, 3.63) is 93.0 Å². The van der Waals surface area contributed by atoms with Gasteiger partial charge in [-0.3, -0.25) is 19.2 Å². The Labute approximate surface area is 357 Å². The fourth-order valence-electron chi connectivity index (χ4n) is 9.15. The highest BCUT2D eigenvalue weighted by Gasteiger charge is 2.51.